The molecule has 0 aliphatic carbocycles. The highest BCUT2D eigenvalue weighted by molar-refractivity contribution is 6.00. The summed E-state index contributed by atoms with van der Waals surface area (Å²) in [6.07, 6.45) is 11.0. The van der Waals surface area contributed by atoms with E-state index >= 15 is 0 Å². The summed E-state index contributed by atoms with van der Waals surface area (Å²) >= 11 is 0. The fourth-order valence-electron chi connectivity index (χ4n) is 5.10. The molecule has 0 unspecified atom stereocenters. The van der Waals surface area contributed by atoms with Crippen molar-refractivity contribution in [2.24, 2.45) is 0 Å². The van der Waals surface area contributed by atoms with Crippen LogP contribution in [0.4, 0.5) is 5.82 Å². The minimum Gasteiger partial charge on any atom is -0.383 e. The van der Waals surface area contributed by atoms with Crippen LogP contribution in [0.1, 0.15) is 72.4 Å². The lowest BCUT2D eigenvalue weighted by Gasteiger charge is -2.30. The predicted octanol–water partition coefficient (Wildman–Crippen LogP) is 3.45. The summed E-state index contributed by atoms with van der Waals surface area (Å²) in [5, 5.41) is 12.1. The zero-order valence-corrected chi connectivity index (χ0v) is 23.6. The van der Waals surface area contributed by atoms with Crippen molar-refractivity contribution in [1.82, 2.24) is 49.2 Å². The van der Waals surface area contributed by atoms with E-state index < -0.39 is 0 Å². The first-order chi connectivity index (χ1) is 19.8. The van der Waals surface area contributed by atoms with Crippen molar-refractivity contribution < 1.29 is 9.59 Å². The number of amides is 1. The number of H-pyrrole nitrogens is 1. The van der Waals surface area contributed by atoms with Crippen molar-refractivity contribution in [1.29, 1.82) is 0 Å². The second-order valence-corrected chi connectivity index (χ2v) is 9.93. The van der Waals surface area contributed by atoms with Crippen molar-refractivity contribution in [3.8, 4) is 16.9 Å². The Morgan fingerprint density at radius 3 is 2.61 bits per heavy atom. The number of nitrogens with one attached hydrogen (secondary N) is 1. The van der Waals surface area contributed by atoms with E-state index in [0.29, 0.717) is 36.3 Å². The largest absolute Gasteiger partial charge is 0.383 e. The number of pyridine rings is 1. The number of nitrogen functional groups attached to an aromatic ring is 1. The molecular formula is C28H33N11O2. The van der Waals surface area contributed by atoms with Gasteiger partial charge in [0.15, 0.2) is 11.4 Å². The van der Waals surface area contributed by atoms with Gasteiger partial charge >= 0.3 is 0 Å². The molecule has 0 saturated carbocycles. The Kier molecular flexibility index (Phi) is 7.86. The van der Waals surface area contributed by atoms with Gasteiger partial charge in [-0.05, 0) is 51.7 Å². The van der Waals surface area contributed by atoms with Gasteiger partial charge in [-0.2, -0.15) is 9.61 Å². The van der Waals surface area contributed by atoms with Crippen LogP contribution in [0.15, 0.2) is 43.4 Å². The molecule has 13 heteroatoms. The van der Waals surface area contributed by atoms with Crippen LogP contribution in [-0.4, -0.2) is 73.5 Å². The molecule has 1 atom stereocenters. The van der Waals surface area contributed by atoms with Gasteiger partial charge in [0.1, 0.15) is 24.3 Å². The van der Waals surface area contributed by atoms with Gasteiger partial charge in [0.25, 0.3) is 5.91 Å². The molecule has 212 valence electrons. The fraction of sp³-hybridized carbons (Fsp3) is 0.357. The van der Waals surface area contributed by atoms with E-state index in [1.807, 2.05) is 48.6 Å². The number of ketones is 1. The number of rotatable bonds is 11. The van der Waals surface area contributed by atoms with E-state index in [1.54, 1.807) is 18.7 Å². The molecule has 5 aromatic heterocycles. The molecular weight excluding hydrogens is 522 g/mol. The summed E-state index contributed by atoms with van der Waals surface area (Å²) in [5.74, 6) is 0.780. The van der Waals surface area contributed by atoms with Crippen molar-refractivity contribution in [3.63, 3.8) is 0 Å². The zero-order chi connectivity index (χ0) is 29.1. The zero-order valence-electron chi connectivity index (χ0n) is 23.6. The standard InChI is InChI=1S/C28H33N11O2/c1-5-11-38(28(41)26-31-15-33-36-26)20(6-2)8-9-22-24(18(4)40)25(29)39-27(35-22)21(13-34-39)19-7-10-23(30-12-19)37-14-17(3)32-16-37/h7,10,12-16,20H,5-6,8-9,11,29H2,1-4H3,(H,31,33,36)/t20-/m1/s1. The third kappa shape index (κ3) is 5.42. The Labute approximate surface area is 236 Å². The highest BCUT2D eigenvalue weighted by Gasteiger charge is 2.27. The van der Waals surface area contributed by atoms with Crippen LogP contribution in [-0.2, 0) is 6.42 Å². The molecule has 0 aromatic carbocycles. The van der Waals surface area contributed by atoms with E-state index in [4.69, 9.17) is 10.7 Å². The number of carbonyl (C=O) groups is 2. The Balaban J connectivity index is 1.47. The Morgan fingerprint density at radius 2 is 2.00 bits per heavy atom. The maximum Gasteiger partial charge on any atom is 0.291 e. The molecule has 13 nitrogen and oxygen atoms in total. The molecule has 0 radical (unpaired) electrons. The number of Topliss-reactive ketones (excluding diaryl/α,β-unsaturated/α-hetero) is 1. The van der Waals surface area contributed by atoms with Crippen molar-refractivity contribution in [2.45, 2.75) is 59.4 Å². The lowest BCUT2D eigenvalue weighted by Crippen LogP contribution is -2.41. The number of anilines is 1. The van der Waals surface area contributed by atoms with Gasteiger partial charge in [-0.15, -0.1) is 10.2 Å². The number of nitrogens with two attached hydrogens (primary N) is 1. The number of aromatic nitrogens is 9. The number of aromatic amines is 1. The van der Waals surface area contributed by atoms with Gasteiger partial charge in [0.05, 0.1) is 23.1 Å². The third-order valence-corrected chi connectivity index (χ3v) is 7.12. The normalized spacial score (nSPS) is 12.1. The number of fused-ring (bicyclic) bond motifs is 1. The number of hydrogen-bond donors (Lipinski definition) is 2. The molecule has 0 spiro atoms. The van der Waals surface area contributed by atoms with E-state index in [0.717, 1.165) is 35.5 Å². The summed E-state index contributed by atoms with van der Waals surface area (Å²) in [6.45, 7) is 8.03. The van der Waals surface area contributed by atoms with Crippen molar-refractivity contribution in [2.75, 3.05) is 12.3 Å². The van der Waals surface area contributed by atoms with Crippen LogP contribution < -0.4 is 5.73 Å². The second kappa shape index (κ2) is 11.7. The van der Waals surface area contributed by atoms with E-state index in [-0.39, 0.29) is 29.4 Å². The molecule has 0 bridgehead atoms. The van der Waals surface area contributed by atoms with Crippen LogP contribution in [0.2, 0.25) is 0 Å². The molecule has 5 rings (SSSR count). The summed E-state index contributed by atoms with van der Waals surface area (Å²) in [6, 6.07) is 3.74. The van der Waals surface area contributed by atoms with Gasteiger partial charge < -0.3 is 15.6 Å². The first-order valence-electron chi connectivity index (χ1n) is 13.6. The van der Waals surface area contributed by atoms with E-state index in [9.17, 15) is 9.59 Å². The summed E-state index contributed by atoms with van der Waals surface area (Å²) in [7, 11) is 0. The van der Waals surface area contributed by atoms with Gasteiger partial charge in [-0.1, -0.05) is 13.8 Å². The van der Waals surface area contributed by atoms with Crippen LogP contribution in [0, 0.1) is 6.92 Å². The topological polar surface area (TPSA) is 166 Å². The third-order valence-electron chi connectivity index (χ3n) is 7.12. The number of imidazole rings is 1. The molecule has 1 amide bonds. The molecule has 41 heavy (non-hydrogen) atoms. The predicted molar refractivity (Wildman–Crippen MR) is 153 cm³/mol. The summed E-state index contributed by atoms with van der Waals surface area (Å²) in [5.41, 5.74) is 10.4. The van der Waals surface area contributed by atoms with Crippen LogP contribution in [0.3, 0.4) is 0 Å². The Bertz CT molecular complexity index is 1670. The van der Waals surface area contributed by atoms with Gasteiger partial charge in [-0.3, -0.25) is 14.2 Å². The minimum atomic E-state index is -0.203. The molecule has 0 fully saturated rings. The quantitative estimate of drug-likeness (QED) is 0.232. The first kappa shape index (κ1) is 27.6. The van der Waals surface area contributed by atoms with Gasteiger partial charge in [-0.25, -0.2) is 15.0 Å². The molecule has 5 aromatic rings. The van der Waals surface area contributed by atoms with Crippen LogP contribution in [0.5, 0.6) is 0 Å². The van der Waals surface area contributed by atoms with E-state index in [1.165, 1.54) is 17.8 Å². The number of nitrogens with zero attached hydrogens (tertiary/aromatic N) is 9. The number of hydrogen-bond acceptors (Lipinski definition) is 9. The molecule has 0 aliphatic heterocycles. The SMILES string of the molecule is CCCN(C(=O)c1nnc[nH]1)[C@H](CC)CCc1nc2c(-c3ccc(-n4cnc(C)c4)nc3)cnn2c(N)c1C(C)=O. The van der Waals surface area contributed by atoms with Gasteiger partial charge in [0.2, 0.25) is 5.82 Å². The first-order valence-corrected chi connectivity index (χ1v) is 13.6. The Morgan fingerprint density at radius 1 is 1.17 bits per heavy atom. The number of aryl methyl sites for hydroxylation is 2. The number of carbonyl (C=O) groups excluding carboxylic acids is 2. The fourth-order valence-corrected chi connectivity index (χ4v) is 5.10. The average Bonchev–Trinajstić information content (AvgIpc) is 3.74. The lowest BCUT2D eigenvalue weighted by atomic mass is 10.0. The summed E-state index contributed by atoms with van der Waals surface area (Å²) < 4.78 is 3.35. The van der Waals surface area contributed by atoms with Crippen LogP contribution >= 0.6 is 0 Å². The monoisotopic (exact) mass is 555 g/mol. The second-order valence-electron chi connectivity index (χ2n) is 9.93. The molecule has 0 saturated heterocycles. The molecule has 5 heterocycles. The maximum absolute atomic E-state index is 13.2. The van der Waals surface area contributed by atoms with Crippen molar-refractivity contribution >= 4 is 23.2 Å². The summed E-state index contributed by atoms with van der Waals surface area (Å²) in [4.78, 5) is 44.3. The average molecular weight is 556 g/mol. The minimum absolute atomic E-state index is 0.0976. The van der Waals surface area contributed by atoms with E-state index in [2.05, 4.69) is 30.2 Å². The van der Waals surface area contributed by atoms with Gasteiger partial charge in [0, 0.05) is 36.1 Å². The molecule has 0 aliphatic rings. The smallest absolute Gasteiger partial charge is 0.291 e. The van der Waals surface area contributed by atoms with Crippen LogP contribution in [0.25, 0.3) is 22.6 Å². The Hall–Kier alpha value is -4.94. The highest BCUT2D eigenvalue weighted by Crippen LogP contribution is 2.29. The lowest BCUT2D eigenvalue weighted by molar-refractivity contribution is 0.0650. The maximum atomic E-state index is 13.2. The molecule has 3 N–H and O–H groups in total. The van der Waals surface area contributed by atoms with Crippen molar-refractivity contribution in [3.05, 3.63) is 66.2 Å². The highest BCUT2D eigenvalue weighted by atomic mass is 16.2.